The molecule has 1 saturated heterocycles. The van der Waals surface area contributed by atoms with E-state index in [9.17, 15) is 9.59 Å². The standard InChI is InChI=1S/C28H28N4O2/c1-19-10-12-20(13-11-19)27(33)29-24-18-21(14-15-25(24)32-16-6-3-7-17-32)26-22-8-4-5-9-23(22)28(34)31(2)30-26/h4-5,8-15,18H,3,6-7,16-17H2,1-2H3,(H,29,33). The average molecular weight is 453 g/mol. The van der Waals surface area contributed by atoms with Gasteiger partial charge in [-0.25, -0.2) is 4.68 Å². The number of hydrogen-bond acceptors (Lipinski definition) is 4. The second kappa shape index (κ2) is 9.14. The van der Waals surface area contributed by atoms with E-state index in [1.807, 2.05) is 67.6 Å². The number of carbonyl (C=O) groups excluding carboxylic acids is 1. The molecule has 5 rings (SSSR count). The molecule has 172 valence electrons. The SMILES string of the molecule is Cc1ccc(C(=O)Nc2cc(-c3nn(C)c(=O)c4ccccc34)ccc2N2CCCCC2)cc1. The number of nitrogens with one attached hydrogen (secondary N) is 1. The summed E-state index contributed by atoms with van der Waals surface area (Å²) in [5.41, 5.74) is 4.94. The van der Waals surface area contributed by atoms with Crippen molar-refractivity contribution in [1.82, 2.24) is 9.78 Å². The van der Waals surface area contributed by atoms with Crippen molar-refractivity contribution < 1.29 is 4.79 Å². The number of aromatic nitrogens is 2. The van der Waals surface area contributed by atoms with Crippen LogP contribution in [0.15, 0.2) is 71.5 Å². The van der Waals surface area contributed by atoms with Crippen LogP contribution in [0, 0.1) is 6.92 Å². The minimum absolute atomic E-state index is 0.128. The van der Waals surface area contributed by atoms with E-state index in [0.29, 0.717) is 16.6 Å². The molecule has 0 saturated carbocycles. The summed E-state index contributed by atoms with van der Waals surface area (Å²) >= 11 is 0. The average Bonchev–Trinajstić information content (AvgIpc) is 2.87. The molecule has 0 atom stereocenters. The predicted octanol–water partition coefficient (Wildman–Crippen LogP) is 5.15. The maximum atomic E-state index is 13.1. The monoisotopic (exact) mass is 452 g/mol. The summed E-state index contributed by atoms with van der Waals surface area (Å²) in [4.78, 5) is 28.1. The Morgan fingerprint density at radius 2 is 1.62 bits per heavy atom. The molecule has 1 fully saturated rings. The molecule has 3 aromatic carbocycles. The van der Waals surface area contributed by atoms with Crippen molar-refractivity contribution in [3.8, 4) is 11.3 Å². The molecule has 1 amide bonds. The lowest BCUT2D eigenvalue weighted by atomic mass is 10.0. The molecule has 1 aliphatic rings. The molecule has 0 bridgehead atoms. The van der Waals surface area contributed by atoms with Gasteiger partial charge < -0.3 is 10.2 Å². The number of rotatable bonds is 4. The topological polar surface area (TPSA) is 67.2 Å². The second-order valence-corrected chi connectivity index (χ2v) is 8.92. The summed E-state index contributed by atoms with van der Waals surface area (Å²) in [5, 5.41) is 9.15. The van der Waals surface area contributed by atoms with Gasteiger partial charge in [0.2, 0.25) is 0 Å². The van der Waals surface area contributed by atoms with Crippen molar-refractivity contribution in [2.45, 2.75) is 26.2 Å². The highest BCUT2D eigenvalue weighted by atomic mass is 16.1. The van der Waals surface area contributed by atoms with E-state index >= 15 is 0 Å². The van der Waals surface area contributed by atoms with Gasteiger partial charge in [-0.2, -0.15) is 5.10 Å². The molecular weight excluding hydrogens is 424 g/mol. The number of benzene rings is 3. The fourth-order valence-electron chi connectivity index (χ4n) is 4.61. The number of carbonyl (C=O) groups is 1. The highest BCUT2D eigenvalue weighted by Crippen LogP contribution is 2.34. The molecule has 1 aliphatic heterocycles. The van der Waals surface area contributed by atoms with Crippen molar-refractivity contribution >= 4 is 28.1 Å². The van der Waals surface area contributed by atoms with E-state index in [1.165, 1.54) is 11.1 Å². The lowest BCUT2D eigenvalue weighted by molar-refractivity contribution is 0.102. The Bertz CT molecular complexity index is 1420. The molecule has 1 N–H and O–H groups in total. The first-order chi connectivity index (χ1) is 16.5. The van der Waals surface area contributed by atoms with Crippen LogP contribution in [0.2, 0.25) is 0 Å². The Balaban J connectivity index is 1.61. The molecular formula is C28H28N4O2. The van der Waals surface area contributed by atoms with Gasteiger partial charge in [0.05, 0.1) is 22.5 Å². The van der Waals surface area contributed by atoms with Crippen molar-refractivity contribution in [2.24, 2.45) is 7.05 Å². The predicted molar refractivity (Wildman–Crippen MR) is 138 cm³/mol. The Morgan fingerprint density at radius 3 is 2.35 bits per heavy atom. The smallest absolute Gasteiger partial charge is 0.274 e. The third kappa shape index (κ3) is 4.19. The number of fused-ring (bicyclic) bond motifs is 1. The molecule has 2 heterocycles. The maximum absolute atomic E-state index is 13.1. The second-order valence-electron chi connectivity index (χ2n) is 8.92. The van der Waals surface area contributed by atoms with Crippen LogP contribution in [0.4, 0.5) is 11.4 Å². The minimum Gasteiger partial charge on any atom is -0.370 e. The Kier molecular flexibility index (Phi) is 5.88. The zero-order valence-electron chi connectivity index (χ0n) is 19.5. The fraction of sp³-hybridized carbons (Fsp3) is 0.250. The molecule has 6 heteroatoms. The Morgan fingerprint density at radius 1 is 0.912 bits per heavy atom. The van der Waals surface area contributed by atoms with Gasteiger partial charge in [0.25, 0.3) is 11.5 Å². The van der Waals surface area contributed by atoms with Crippen molar-refractivity contribution in [3.63, 3.8) is 0 Å². The van der Waals surface area contributed by atoms with Crippen molar-refractivity contribution in [3.05, 3.63) is 88.2 Å². The molecule has 0 unspecified atom stereocenters. The third-order valence-corrected chi connectivity index (χ3v) is 6.49. The van der Waals surface area contributed by atoms with Crippen LogP contribution < -0.4 is 15.8 Å². The number of anilines is 2. The fourth-order valence-corrected chi connectivity index (χ4v) is 4.61. The summed E-state index contributed by atoms with van der Waals surface area (Å²) in [7, 11) is 1.67. The first kappa shape index (κ1) is 21.9. The van der Waals surface area contributed by atoms with Gasteiger partial charge in [-0.1, -0.05) is 42.0 Å². The van der Waals surface area contributed by atoms with Crippen molar-refractivity contribution in [2.75, 3.05) is 23.3 Å². The van der Waals surface area contributed by atoms with Crippen LogP contribution >= 0.6 is 0 Å². The molecule has 6 nitrogen and oxygen atoms in total. The van der Waals surface area contributed by atoms with Gasteiger partial charge in [0.15, 0.2) is 0 Å². The van der Waals surface area contributed by atoms with E-state index in [-0.39, 0.29) is 11.5 Å². The summed E-state index contributed by atoms with van der Waals surface area (Å²) in [6.45, 7) is 3.94. The quantitative estimate of drug-likeness (QED) is 0.465. The third-order valence-electron chi connectivity index (χ3n) is 6.49. The summed E-state index contributed by atoms with van der Waals surface area (Å²) in [6.07, 6.45) is 3.51. The number of nitrogens with zero attached hydrogens (tertiary/aromatic N) is 3. The van der Waals surface area contributed by atoms with E-state index in [0.717, 1.165) is 53.8 Å². The number of piperidine rings is 1. The molecule has 4 aromatic rings. The summed E-state index contributed by atoms with van der Waals surface area (Å²) in [5.74, 6) is -0.145. The molecule has 34 heavy (non-hydrogen) atoms. The highest BCUT2D eigenvalue weighted by Gasteiger charge is 2.19. The molecule has 0 spiro atoms. The van der Waals surface area contributed by atoms with E-state index in [4.69, 9.17) is 0 Å². The Labute approximate surface area is 198 Å². The first-order valence-corrected chi connectivity index (χ1v) is 11.7. The van der Waals surface area contributed by atoms with Gasteiger partial charge >= 0.3 is 0 Å². The lowest BCUT2D eigenvalue weighted by Crippen LogP contribution is -2.30. The van der Waals surface area contributed by atoms with Crippen LogP contribution in [0.5, 0.6) is 0 Å². The van der Waals surface area contributed by atoms with Crippen LogP contribution in [0.25, 0.3) is 22.0 Å². The van der Waals surface area contributed by atoms with Crippen LogP contribution in [0.1, 0.15) is 35.2 Å². The lowest BCUT2D eigenvalue weighted by Gasteiger charge is -2.31. The summed E-state index contributed by atoms with van der Waals surface area (Å²) < 4.78 is 1.38. The van der Waals surface area contributed by atoms with Gasteiger partial charge in [0, 0.05) is 36.7 Å². The van der Waals surface area contributed by atoms with E-state index < -0.39 is 0 Å². The number of amides is 1. The Hall–Kier alpha value is -3.93. The maximum Gasteiger partial charge on any atom is 0.274 e. The number of hydrogen-bond donors (Lipinski definition) is 1. The molecule has 1 aromatic heterocycles. The largest absolute Gasteiger partial charge is 0.370 e. The highest BCUT2D eigenvalue weighted by molar-refractivity contribution is 6.06. The zero-order chi connectivity index (χ0) is 23.7. The first-order valence-electron chi connectivity index (χ1n) is 11.7. The van der Waals surface area contributed by atoms with Gasteiger partial charge in [-0.3, -0.25) is 9.59 Å². The minimum atomic E-state index is -0.145. The summed E-state index contributed by atoms with van der Waals surface area (Å²) in [6, 6.07) is 21.2. The van der Waals surface area contributed by atoms with Gasteiger partial charge in [-0.05, 0) is 56.5 Å². The van der Waals surface area contributed by atoms with Crippen LogP contribution in [-0.4, -0.2) is 28.8 Å². The van der Waals surface area contributed by atoms with Crippen LogP contribution in [0.3, 0.4) is 0 Å². The normalized spacial score (nSPS) is 13.8. The molecule has 0 aliphatic carbocycles. The van der Waals surface area contributed by atoms with Crippen molar-refractivity contribution in [1.29, 1.82) is 0 Å². The molecule has 0 radical (unpaired) electrons. The van der Waals surface area contributed by atoms with E-state index in [2.05, 4.69) is 21.4 Å². The van der Waals surface area contributed by atoms with Gasteiger partial charge in [0.1, 0.15) is 0 Å². The number of aryl methyl sites for hydroxylation is 2. The zero-order valence-corrected chi connectivity index (χ0v) is 19.5. The van der Waals surface area contributed by atoms with Gasteiger partial charge in [-0.15, -0.1) is 0 Å². The van der Waals surface area contributed by atoms with Crippen LogP contribution in [-0.2, 0) is 7.05 Å². The van der Waals surface area contributed by atoms with E-state index in [1.54, 1.807) is 7.05 Å².